The molecule has 2 unspecified atom stereocenters. The normalized spacial score (nSPS) is 16.4. The van der Waals surface area contributed by atoms with Gasteiger partial charge in [0.1, 0.15) is 6.10 Å². The zero-order chi connectivity index (χ0) is 12.3. The van der Waals surface area contributed by atoms with Gasteiger partial charge in [0.2, 0.25) is 0 Å². The minimum Gasteiger partial charge on any atom is -0.390 e. The van der Waals surface area contributed by atoms with Gasteiger partial charge in [0.05, 0.1) is 6.10 Å². The van der Waals surface area contributed by atoms with E-state index in [0.717, 1.165) is 18.4 Å². The van der Waals surface area contributed by atoms with Gasteiger partial charge in [-0.3, -0.25) is 0 Å². The van der Waals surface area contributed by atoms with Crippen LogP contribution in [0.4, 0.5) is 0 Å². The lowest BCUT2D eigenvalue weighted by Gasteiger charge is -2.23. The van der Waals surface area contributed by atoms with Gasteiger partial charge in [-0.05, 0) is 41.5 Å². The summed E-state index contributed by atoms with van der Waals surface area (Å²) in [4.78, 5) is 2.61. The first-order valence-electron chi connectivity index (χ1n) is 5.71. The van der Waals surface area contributed by atoms with Gasteiger partial charge in [0.15, 0.2) is 0 Å². The summed E-state index contributed by atoms with van der Waals surface area (Å²) in [5.41, 5.74) is 11.4. The van der Waals surface area contributed by atoms with Crippen LogP contribution in [0.1, 0.15) is 29.2 Å². The molecular formula is C12H15N3O2. The predicted molar refractivity (Wildman–Crippen MR) is 63.4 cm³/mol. The summed E-state index contributed by atoms with van der Waals surface area (Å²) in [5.74, 6) is 0. The van der Waals surface area contributed by atoms with Gasteiger partial charge in [-0.15, -0.1) is 0 Å². The van der Waals surface area contributed by atoms with E-state index < -0.39 is 12.2 Å². The van der Waals surface area contributed by atoms with Gasteiger partial charge >= 0.3 is 0 Å². The number of hydrogen-bond donors (Lipinski definition) is 2. The van der Waals surface area contributed by atoms with Crippen LogP contribution in [0.3, 0.4) is 0 Å². The molecule has 1 aromatic rings. The molecule has 0 heterocycles. The van der Waals surface area contributed by atoms with E-state index in [0.29, 0.717) is 0 Å². The largest absolute Gasteiger partial charge is 0.390 e. The maximum Gasteiger partial charge on any atom is 0.105 e. The zero-order valence-electron chi connectivity index (χ0n) is 9.45. The molecule has 90 valence electrons. The molecule has 0 aliphatic heterocycles. The lowest BCUT2D eigenvalue weighted by Crippen LogP contribution is -2.20. The number of benzene rings is 1. The van der Waals surface area contributed by atoms with E-state index in [9.17, 15) is 10.2 Å². The quantitative estimate of drug-likeness (QED) is 0.462. The summed E-state index contributed by atoms with van der Waals surface area (Å²) in [7, 11) is 0. The summed E-state index contributed by atoms with van der Waals surface area (Å²) in [6, 6.07) is 5.79. The second-order valence-corrected chi connectivity index (χ2v) is 4.28. The van der Waals surface area contributed by atoms with Gasteiger partial charge in [-0.25, -0.2) is 0 Å². The number of hydrogen-bond acceptors (Lipinski definition) is 3. The van der Waals surface area contributed by atoms with Crippen LogP contribution >= 0.6 is 0 Å². The van der Waals surface area contributed by atoms with Crippen molar-refractivity contribution in [3.8, 4) is 0 Å². The molecule has 0 radical (unpaired) electrons. The summed E-state index contributed by atoms with van der Waals surface area (Å²) in [5, 5.41) is 23.0. The fourth-order valence-corrected chi connectivity index (χ4v) is 2.01. The van der Waals surface area contributed by atoms with E-state index in [1.54, 1.807) is 0 Å². The van der Waals surface area contributed by atoms with Crippen LogP contribution in [0.15, 0.2) is 23.3 Å². The minimum absolute atomic E-state index is 0.194. The average Bonchev–Trinajstić information content (AvgIpc) is 2.30. The first-order chi connectivity index (χ1) is 8.22. The number of aliphatic hydroxyl groups is 2. The van der Waals surface area contributed by atoms with Gasteiger partial charge in [0, 0.05) is 11.5 Å². The van der Waals surface area contributed by atoms with E-state index in [1.165, 1.54) is 11.1 Å². The molecular weight excluding hydrogens is 218 g/mol. The lowest BCUT2D eigenvalue weighted by atomic mass is 9.86. The molecule has 1 aliphatic carbocycles. The fourth-order valence-electron chi connectivity index (χ4n) is 2.01. The van der Waals surface area contributed by atoms with E-state index in [1.807, 2.05) is 18.2 Å². The molecule has 0 aromatic heterocycles. The van der Waals surface area contributed by atoms with Gasteiger partial charge in [-0.1, -0.05) is 23.3 Å². The second-order valence-electron chi connectivity index (χ2n) is 4.28. The van der Waals surface area contributed by atoms with Crippen LogP contribution in [0.5, 0.6) is 0 Å². The number of aryl methyl sites for hydroxylation is 2. The molecule has 0 bridgehead atoms. The number of azide groups is 1. The molecule has 17 heavy (non-hydrogen) atoms. The Labute approximate surface area is 99.3 Å². The third-order valence-corrected chi connectivity index (χ3v) is 3.19. The van der Waals surface area contributed by atoms with Gasteiger partial charge in [0.25, 0.3) is 0 Å². The van der Waals surface area contributed by atoms with Crippen LogP contribution in [-0.2, 0) is 12.8 Å². The molecule has 0 fully saturated rings. The molecule has 2 rings (SSSR count). The summed E-state index contributed by atoms with van der Waals surface area (Å²) < 4.78 is 0. The number of aliphatic hydroxyl groups excluding tert-OH is 2. The highest BCUT2D eigenvalue weighted by molar-refractivity contribution is 5.39. The summed E-state index contributed by atoms with van der Waals surface area (Å²) in [6.07, 6.45) is 0.617. The molecule has 0 saturated carbocycles. The lowest BCUT2D eigenvalue weighted by molar-refractivity contribution is 0.0149. The molecule has 2 N–H and O–H groups in total. The highest BCUT2D eigenvalue weighted by Crippen LogP contribution is 2.28. The van der Waals surface area contributed by atoms with Crippen LogP contribution in [0.25, 0.3) is 10.4 Å². The SMILES string of the molecule is [N-]=[N+]=NCCC(O)C(O)c1ccc2c(c1)CC2. The van der Waals surface area contributed by atoms with Crippen molar-refractivity contribution in [2.75, 3.05) is 6.54 Å². The van der Waals surface area contributed by atoms with E-state index >= 15 is 0 Å². The Kier molecular flexibility index (Phi) is 3.64. The Morgan fingerprint density at radius 2 is 2.06 bits per heavy atom. The van der Waals surface area contributed by atoms with E-state index in [2.05, 4.69) is 10.0 Å². The minimum atomic E-state index is -0.908. The number of nitrogens with zero attached hydrogens (tertiary/aromatic N) is 3. The van der Waals surface area contributed by atoms with Crippen molar-refractivity contribution in [1.82, 2.24) is 0 Å². The predicted octanol–water partition coefficient (Wildman–Crippen LogP) is 1.88. The molecule has 5 heteroatoms. The van der Waals surface area contributed by atoms with Crippen LogP contribution < -0.4 is 0 Å². The molecule has 1 aliphatic rings. The van der Waals surface area contributed by atoms with Crippen molar-refractivity contribution in [3.05, 3.63) is 45.3 Å². The van der Waals surface area contributed by atoms with Crippen molar-refractivity contribution in [2.24, 2.45) is 5.11 Å². The maximum atomic E-state index is 9.94. The first-order valence-corrected chi connectivity index (χ1v) is 5.71. The Morgan fingerprint density at radius 1 is 1.29 bits per heavy atom. The Morgan fingerprint density at radius 3 is 2.65 bits per heavy atom. The maximum absolute atomic E-state index is 9.94. The van der Waals surface area contributed by atoms with Crippen LogP contribution in [0.2, 0.25) is 0 Å². The Hall–Kier alpha value is -1.55. The Bertz CT molecular complexity index is 455. The smallest absolute Gasteiger partial charge is 0.105 e. The average molecular weight is 233 g/mol. The monoisotopic (exact) mass is 233 g/mol. The second kappa shape index (κ2) is 5.19. The van der Waals surface area contributed by atoms with Gasteiger partial charge in [-0.2, -0.15) is 0 Å². The van der Waals surface area contributed by atoms with Crippen LogP contribution in [-0.4, -0.2) is 22.9 Å². The molecule has 2 atom stereocenters. The zero-order valence-corrected chi connectivity index (χ0v) is 9.45. The Balaban J connectivity index is 2.00. The highest BCUT2D eigenvalue weighted by Gasteiger charge is 2.20. The molecule has 0 spiro atoms. The highest BCUT2D eigenvalue weighted by atomic mass is 16.3. The third kappa shape index (κ3) is 2.58. The first kappa shape index (κ1) is 11.9. The standard InChI is InChI=1S/C12H15N3O2/c13-15-14-6-5-11(16)12(17)10-4-2-8-1-3-9(8)7-10/h2,4,7,11-12,16-17H,1,3,5-6H2. The van der Waals surface area contributed by atoms with Crippen molar-refractivity contribution >= 4 is 0 Å². The number of rotatable bonds is 5. The van der Waals surface area contributed by atoms with Crippen molar-refractivity contribution in [1.29, 1.82) is 0 Å². The summed E-state index contributed by atoms with van der Waals surface area (Å²) in [6.45, 7) is 0.194. The van der Waals surface area contributed by atoms with Crippen molar-refractivity contribution in [2.45, 2.75) is 31.5 Å². The molecule has 0 saturated heterocycles. The molecule has 1 aromatic carbocycles. The molecule has 0 amide bonds. The van der Waals surface area contributed by atoms with Crippen molar-refractivity contribution < 1.29 is 10.2 Å². The van der Waals surface area contributed by atoms with Crippen molar-refractivity contribution in [3.63, 3.8) is 0 Å². The van der Waals surface area contributed by atoms with E-state index in [-0.39, 0.29) is 13.0 Å². The summed E-state index contributed by atoms with van der Waals surface area (Å²) >= 11 is 0. The fraction of sp³-hybridized carbons (Fsp3) is 0.500. The van der Waals surface area contributed by atoms with E-state index in [4.69, 9.17) is 5.53 Å². The third-order valence-electron chi connectivity index (χ3n) is 3.19. The molecule has 5 nitrogen and oxygen atoms in total. The number of fused-ring (bicyclic) bond motifs is 1. The van der Waals surface area contributed by atoms with Gasteiger partial charge < -0.3 is 10.2 Å². The topological polar surface area (TPSA) is 89.2 Å². The van der Waals surface area contributed by atoms with Crippen LogP contribution in [0, 0.1) is 0 Å².